The van der Waals surface area contributed by atoms with Crippen molar-refractivity contribution in [2.75, 3.05) is 26.7 Å². The van der Waals surface area contributed by atoms with Crippen LogP contribution in [0.25, 0.3) is 0 Å². The molecule has 0 spiro atoms. The number of benzene rings is 1. The molecular formula is C13H20N2O2. The number of hydrogen-bond acceptors (Lipinski definition) is 3. The maximum atomic E-state index is 11.1. The van der Waals surface area contributed by atoms with Crippen molar-refractivity contribution in [1.29, 1.82) is 0 Å². The predicted octanol–water partition coefficient (Wildman–Crippen LogP) is 1.10. The summed E-state index contributed by atoms with van der Waals surface area (Å²) in [7, 11) is 1.75. The molecule has 94 valence electrons. The second-order valence-electron chi connectivity index (χ2n) is 3.85. The molecule has 1 aromatic carbocycles. The molecule has 0 saturated carbocycles. The predicted molar refractivity (Wildman–Crippen MR) is 68.2 cm³/mol. The fourth-order valence-corrected chi connectivity index (χ4v) is 1.42. The highest BCUT2D eigenvalue weighted by Crippen LogP contribution is 2.15. The van der Waals surface area contributed by atoms with Crippen molar-refractivity contribution in [1.82, 2.24) is 10.6 Å². The lowest BCUT2D eigenvalue weighted by Gasteiger charge is -2.09. The van der Waals surface area contributed by atoms with E-state index in [4.69, 9.17) is 4.74 Å². The first-order chi connectivity index (χ1) is 8.24. The third kappa shape index (κ3) is 5.36. The SMILES string of the molecule is CNCC(=O)NCCCOc1ccccc1C. The molecule has 2 N–H and O–H groups in total. The van der Waals surface area contributed by atoms with Crippen LogP contribution in [-0.4, -0.2) is 32.7 Å². The van der Waals surface area contributed by atoms with Crippen molar-refractivity contribution in [3.63, 3.8) is 0 Å². The number of nitrogens with one attached hydrogen (secondary N) is 2. The minimum atomic E-state index is 0.0170. The van der Waals surface area contributed by atoms with Crippen LogP contribution in [0.2, 0.25) is 0 Å². The van der Waals surface area contributed by atoms with Crippen LogP contribution in [-0.2, 0) is 4.79 Å². The molecule has 0 aliphatic rings. The van der Waals surface area contributed by atoms with Gasteiger partial charge < -0.3 is 15.4 Å². The number of carbonyl (C=O) groups is 1. The molecule has 4 nitrogen and oxygen atoms in total. The molecule has 0 aliphatic carbocycles. The largest absolute Gasteiger partial charge is 0.493 e. The van der Waals surface area contributed by atoms with Crippen LogP contribution in [0, 0.1) is 6.92 Å². The third-order valence-electron chi connectivity index (χ3n) is 2.33. The number of rotatable bonds is 7. The zero-order chi connectivity index (χ0) is 12.5. The number of para-hydroxylation sites is 1. The Kier molecular flexibility index (Phi) is 6.10. The van der Waals surface area contributed by atoms with Gasteiger partial charge in [-0.05, 0) is 32.0 Å². The first-order valence-corrected chi connectivity index (χ1v) is 5.83. The smallest absolute Gasteiger partial charge is 0.233 e. The van der Waals surface area contributed by atoms with Gasteiger partial charge in [-0.2, -0.15) is 0 Å². The van der Waals surface area contributed by atoms with E-state index < -0.39 is 0 Å². The van der Waals surface area contributed by atoms with Crippen molar-refractivity contribution >= 4 is 5.91 Å². The number of ether oxygens (including phenoxy) is 1. The molecule has 0 bridgehead atoms. The number of aryl methyl sites for hydroxylation is 1. The van der Waals surface area contributed by atoms with Crippen molar-refractivity contribution < 1.29 is 9.53 Å². The summed E-state index contributed by atoms with van der Waals surface area (Å²) in [5, 5.41) is 5.60. The van der Waals surface area contributed by atoms with Gasteiger partial charge in [-0.15, -0.1) is 0 Å². The first-order valence-electron chi connectivity index (χ1n) is 5.83. The lowest BCUT2D eigenvalue weighted by Crippen LogP contribution is -2.33. The summed E-state index contributed by atoms with van der Waals surface area (Å²) < 4.78 is 5.61. The van der Waals surface area contributed by atoms with E-state index in [1.807, 2.05) is 31.2 Å². The molecule has 0 radical (unpaired) electrons. The summed E-state index contributed by atoms with van der Waals surface area (Å²) in [6.07, 6.45) is 0.809. The molecule has 0 atom stereocenters. The van der Waals surface area contributed by atoms with E-state index in [1.165, 1.54) is 0 Å². The Morgan fingerprint density at radius 1 is 1.35 bits per heavy atom. The van der Waals surface area contributed by atoms with Gasteiger partial charge in [0.05, 0.1) is 13.2 Å². The highest BCUT2D eigenvalue weighted by molar-refractivity contribution is 5.77. The van der Waals surface area contributed by atoms with Crippen molar-refractivity contribution in [2.45, 2.75) is 13.3 Å². The summed E-state index contributed by atoms with van der Waals surface area (Å²) >= 11 is 0. The lowest BCUT2D eigenvalue weighted by molar-refractivity contribution is -0.120. The second kappa shape index (κ2) is 7.68. The second-order valence-corrected chi connectivity index (χ2v) is 3.85. The fourth-order valence-electron chi connectivity index (χ4n) is 1.42. The van der Waals surface area contributed by atoms with Crippen molar-refractivity contribution in [3.05, 3.63) is 29.8 Å². The van der Waals surface area contributed by atoms with Crippen LogP contribution in [0.1, 0.15) is 12.0 Å². The van der Waals surface area contributed by atoms with E-state index in [-0.39, 0.29) is 5.91 Å². The Morgan fingerprint density at radius 2 is 2.12 bits per heavy atom. The number of carbonyl (C=O) groups excluding carboxylic acids is 1. The molecule has 1 aromatic rings. The number of amides is 1. The summed E-state index contributed by atoms with van der Waals surface area (Å²) in [5.74, 6) is 0.928. The summed E-state index contributed by atoms with van der Waals surface area (Å²) in [5.41, 5.74) is 1.13. The van der Waals surface area contributed by atoms with Gasteiger partial charge in [-0.25, -0.2) is 0 Å². The molecular weight excluding hydrogens is 216 g/mol. The Labute approximate surface area is 102 Å². The van der Waals surface area contributed by atoms with Crippen LogP contribution in [0.5, 0.6) is 5.75 Å². The lowest BCUT2D eigenvalue weighted by atomic mass is 10.2. The van der Waals surface area contributed by atoms with Gasteiger partial charge in [-0.1, -0.05) is 18.2 Å². The Hall–Kier alpha value is -1.55. The van der Waals surface area contributed by atoms with Gasteiger partial charge in [0.1, 0.15) is 5.75 Å². The average Bonchev–Trinajstić information content (AvgIpc) is 2.31. The quantitative estimate of drug-likeness (QED) is 0.697. The molecule has 1 amide bonds. The molecule has 4 heteroatoms. The van der Waals surface area contributed by atoms with E-state index in [0.717, 1.165) is 17.7 Å². The van der Waals surface area contributed by atoms with Gasteiger partial charge in [-0.3, -0.25) is 4.79 Å². The molecule has 0 saturated heterocycles. The van der Waals surface area contributed by atoms with Crippen LogP contribution < -0.4 is 15.4 Å². The van der Waals surface area contributed by atoms with Gasteiger partial charge >= 0.3 is 0 Å². The Balaban J connectivity index is 2.13. The van der Waals surface area contributed by atoms with Crippen LogP contribution in [0.3, 0.4) is 0 Å². The Morgan fingerprint density at radius 3 is 2.82 bits per heavy atom. The Bertz CT molecular complexity index is 353. The molecule has 0 aliphatic heterocycles. The van der Waals surface area contributed by atoms with E-state index in [2.05, 4.69) is 10.6 Å². The van der Waals surface area contributed by atoms with Gasteiger partial charge in [0, 0.05) is 6.54 Å². The zero-order valence-electron chi connectivity index (χ0n) is 10.5. The normalized spacial score (nSPS) is 10.0. The summed E-state index contributed by atoms with van der Waals surface area (Å²) in [6.45, 7) is 3.64. The average molecular weight is 236 g/mol. The summed E-state index contributed by atoms with van der Waals surface area (Å²) in [4.78, 5) is 11.1. The van der Waals surface area contributed by atoms with Gasteiger partial charge in [0.2, 0.25) is 5.91 Å². The van der Waals surface area contributed by atoms with Crippen LogP contribution in [0.15, 0.2) is 24.3 Å². The highest BCUT2D eigenvalue weighted by atomic mass is 16.5. The number of likely N-dealkylation sites (N-methyl/N-ethyl adjacent to an activating group) is 1. The molecule has 0 fully saturated rings. The van der Waals surface area contributed by atoms with Crippen LogP contribution >= 0.6 is 0 Å². The third-order valence-corrected chi connectivity index (χ3v) is 2.33. The topological polar surface area (TPSA) is 50.4 Å². The molecule has 1 rings (SSSR count). The molecule has 0 heterocycles. The van der Waals surface area contributed by atoms with Crippen LogP contribution in [0.4, 0.5) is 0 Å². The maximum Gasteiger partial charge on any atom is 0.233 e. The number of hydrogen-bond donors (Lipinski definition) is 2. The fraction of sp³-hybridized carbons (Fsp3) is 0.462. The molecule has 0 unspecified atom stereocenters. The molecule has 0 aromatic heterocycles. The van der Waals surface area contributed by atoms with Gasteiger partial charge in [0.25, 0.3) is 0 Å². The zero-order valence-corrected chi connectivity index (χ0v) is 10.5. The van der Waals surface area contributed by atoms with E-state index in [0.29, 0.717) is 19.7 Å². The van der Waals surface area contributed by atoms with E-state index in [9.17, 15) is 4.79 Å². The van der Waals surface area contributed by atoms with E-state index >= 15 is 0 Å². The maximum absolute atomic E-state index is 11.1. The van der Waals surface area contributed by atoms with Crippen molar-refractivity contribution in [2.24, 2.45) is 0 Å². The van der Waals surface area contributed by atoms with Gasteiger partial charge in [0.15, 0.2) is 0 Å². The van der Waals surface area contributed by atoms with E-state index in [1.54, 1.807) is 7.05 Å². The van der Waals surface area contributed by atoms with Crippen molar-refractivity contribution in [3.8, 4) is 5.75 Å². The summed E-state index contributed by atoms with van der Waals surface area (Å²) in [6, 6.07) is 7.91. The minimum absolute atomic E-state index is 0.0170. The highest BCUT2D eigenvalue weighted by Gasteiger charge is 1.99. The monoisotopic (exact) mass is 236 g/mol. The first kappa shape index (κ1) is 13.5. The molecule has 17 heavy (non-hydrogen) atoms. The standard InChI is InChI=1S/C13H20N2O2/c1-11-6-3-4-7-12(11)17-9-5-8-15-13(16)10-14-2/h3-4,6-7,14H,5,8-10H2,1-2H3,(H,15,16). The minimum Gasteiger partial charge on any atom is -0.493 e.